The number of ether oxygens (including phenoxy) is 1. The first-order chi connectivity index (χ1) is 6.93. The molecule has 0 spiro atoms. The normalized spacial score (nSPS) is 32.6. The van der Waals surface area contributed by atoms with Gasteiger partial charge in [-0.05, 0) is 30.6 Å². The van der Waals surface area contributed by atoms with Crippen molar-refractivity contribution in [2.24, 2.45) is 11.3 Å². The highest BCUT2D eigenvalue weighted by molar-refractivity contribution is 9.09. The maximum Gasteiger partial charge on any atom is 0.0870 e. The van der Waals surface area contributed by atoms with Gasteiger partial charge in [0.15, 0.2) is 0 Å². The van der Waals surface area contributed by atoms with Gasteiger partial charge in [-0.2, -0.15) is 0 Å². The average molecular weight is 279 g/mol. The van der Waals surface area contributed by atoms with Crippen LogP contribution in [0.5, 0.6) is 0 Å². The maximum atomic E-state index is 9.41. The molecule has 1 N–H and O–H groups in total. The summed E-state index contributed by atoms with van der Waals surface area (Å²) < 4.78 is 5.76. The van der Waals surface area contributed by atoms with Crippen LogP contribution in [0.25, 0.3) is 0 Å². The van der Waals surface area contributed by atoms with E-state index in [9.17, 15) is 5.11 Å². The lowest BCUT2D eigenvalue weighted by molar-refractivity contribution is -0.0506. The summed E-state index contributed by atoms with van der Waals surface area (Å²) in [4.78, 5) is 0. The number of rotatable bonds is 4. The van der Waals surface area contributed by atoms with Crippen LogP contribution in [0.1, 0.15) is 40.0 Å². The Kier molecular flexibility index (Phi) is 5.07. The molecule has 0 amide bonds. The van der Waals surface area contributed by atoms with E-state index in [0.29, 0.717) is 23.5 Å². The summed E-state index contributed by atoms with van der Waals surface area (Å²) in [7, 11) is 0. The Labute approximate surface area is 102 Å². The van der Waals surface area contributed by atoms with Gasteiger partial charge >= 0.3 is 0 Å². The van der Waals surface area contributed by atoms with Crippen LogP contribution < -0.4 is 0 Å². The zero-order chi connectivity index (χ0) is 11.5. The zero-order valence-corrected chi connectivity index (χ0v) is 11.6. The van der Waals surface area contributed by atoms with Crippen LogP contribution in [-0.2, 0) is 4.74 Å². The van der Waals surface area contributed by atoms with E-state index in [1.165, 1.54) is 6.42 Å². The van der Waals surface area contributed by atoms with Gasteiger partial charge in [-0.15, -0.1) is 0 Å². The smallest absolute Gasteiger partial charge is 0.0870 e. The van der Waals surface area contributed by atoms with Crippen LogP contribution in [0.2, 0.25) is 0 Å². The predicted octanol–water partition coefficient (Wildman–Crippen LogP) is 2.97. The molecule has 3 atom stereocenters. The van der Waals surface area contributed by atoms with Crippen LogP contribution in [0.15, 0.2) is 0 Å². The summed E-state index contributed by atoms with van der Waals surface area (Å²) in [5, 5.41) is 10.0. The van der Waals surface area contributed by atoms with Gasteiger partial charge in [0.25, 0.3) is 0 Å². The standard InChI is InChI=1S/C12H23BrO2/c1-9-4-11(6-12(2,3)5-9)15-8-10(14)7-13/h9-11,14H,4-8H2,1-3H3. The van der Waals surface area contributed by atoms with Crippen LogP contribution in [0.4, 0.5) is 0 Å². The van der Waals surface area contributed by atoms with Crippen molar-refractivity contribution in [2.75, 3.05) is 11.9 Å². The van der Waals surface area contributed by atoms with E-state index in [1.54, 1.807) is 0 Å². The van der Waals surface area contributed by atoms with Crippen LogP contribution in [0.3, 0.4) is 0 Å². The van der Waals surface area contributed by atoms with Gasteiger partial charge in [0.1, 0.15) is 0 Å². The highest BCUT2D eigenvalue weighted by Gasteiger charge is 2.32. The highest BCUT2D eigenvalue weighted by Crippen LogP contribution is 2.39. The highest BCUT2D eigenvalue weighted by atomic mass is 79.9. The van der Waals surface area contributed by atoms with Crippen LogP contribution >= 0.6 is 15.9 Å². The third-order valence-corrected chi connectivity index (χ3v) is 3.80. The molecule has 0 bridgehead atoms. The molecule has 0 aromatic rings. The molecule has 0 heterocycles. The molecule has 0 aromatic heterocycles. The van der Waals surface area contributed by atoms with E-state index in [0.717, 1.165) is 18.8 Å². The second-order valence-electron chi connectivity index (χ2n) is 5.68. The minimum Gasteiger partial charge on any atom is -0.390 e. The van der Waals surface area contributed by atoms with Crippen molar-refractivity contribution in [3.63, 3.8) is 0 Å². The van der Waals surface area contributed by atoms with Crippen LogP contribution in [-0.4, -0.2) is 29.3 Å². The van der Waals surface area contributed by atoms with Crippen molar-refractivity contribution in [3.05, 3.63) is 0 Å². The third-order valence-electron chi connectivity index (χ3n) is 3.05. The maximum absolute atomic E-state index is 9.41. The number of alkyl halides is 1. The average Bonchev–Trinajstić information content (AvgIpc) is 2.11. The van der Waals surface area contributed by atoms with E-state index < -0.39 is 0 Å². The largest absolute Gasteiger partial charge is 0.390 e. The molecule has 0 aromatic carbocycles. The molecule has 15 heavy (non-hydrogen) atoms. The first-order valence-electron chi connectivity index (χ1n) is 5.78. The van der Waals surface area contributed by atoms with E-state index in [2.05, 4.69) is 36.7 Å². The van der Waals surface area contributed by atoms with Crippen molar-refractivity contribution in [1.29, 1.82) is 0 Å². The van der Waals surface area contributed by atoms with Crippen molar-refractivity contribution < 1.29 is 9.84 Å². The fraction of sp³-hybridized carbons (Fsp3) is 1.00. The molecule has 1 aliphatic carbocycles. The minimum atomic E-state index is -0.370. The summed E-state index contributed by atoms with van der Waals surface area (Å²) in [5.74, 6) is 0.736. The Morgan fingerprint density at radius 1 is 1.47 bits per heavy atom. The second kappa shape index (κ2) is 5.65. The molecule has 3 heteroatoms. The summed E-state index contributed by atoms with van der Waals surface area (Å²) in [6.07, 6.45) is 3.50. The van der Waals surface area contributed by atoms with Gasteiger partial charge in [0, 0.05) is 5.33 Å². The van der Waals surface area contributed by atoms with Crippen molar-refractivity contribution in [2.45, 2.75) is 52.2 Å². The molecule has 0 aliphatic heterocycles. The molecule has 0 saturated heterocycles. The molecule has 90 valence electrons. The fourth-order valence-corrected chi connectivity index (χ4v) is 2.86. The van der Waals surface area contributed by atoms with Gasteiger partial charge < -0.3 is 9.84 Å². The van der Waals surface area contributed by atoms with Crippen molar-refractivity contribution in [1.82, 2.24) is 0 Å². The molecule has 1 saturated carbocycles. The fourth-order valence-electron chi connectivity index (χ4n) is 2.68. The topological polar surface area (TPSA) is 29.5 Å². The number of hydrogen-bond donors (Lipinski definition) is 1. The molecule has 2 nitrogen and oxygen atoms in total. The van der Waals surface area contributed by atoms with Gasteiger partial charge in [-0.25, -0.2) is 0 Å². The predicted molar refractivity (Wildman–Crippen MR) is 66.3 cm³/mol. The Balaban J connectivity index is 2.35. The molecular weight excluding hydrogens is 256 g/mol. The molecule has 1 rings (SSSR count). The number of aliphatic hydroxyl groups excluding tert-OH is 1. The Morgan fingerprint density at radius 2 is 2.13 bits per heavy atom. The Hall–Kier alpha value is 0.400. The lowest BCUT2D eigenvalue weighted by Crippen LogP contribution is -2.34. The summed E-state index contributed by atoms with van der Waals surface area (Å²) in [6.45, 7) is 7.36. The van der Waals surface area contributed by atoms with E-state index in [-0.39, 0.29) is 6.10 Å². The zero-order valence-electron chi connectivity index (χ0n) is 10.0. The summed E-state index contributed by atoms with van der Waals surface area (Å²) >= 11 is 3.24. The third kappa shape index (κ3) is 4.83. The minimum absolute atomic E-state index is 0.331. The van der Waals surface area contributed by atoms with E-state index in [1.807, 2.05) is 0 Å². The van der Waals surface area contributed by atoms with Gasteiger partial charge in [0.2, 0.25) is 0 Å². The van der Waals surface area contributed by atoms with Crippen molar-refractivity contribution in [3.8, 4) is 0 Å². The lowest BCUT2D eigenvalue weighted by atomic mass is 9.71. The lowest BCUT2D eigenvalue weighted by Gasteiger charge is -2.39. The molecule has 0 radical (unpaired) electrons. The summed E-state index contributed by atoms with van der Waals surface area (Å²) in [5.41, 5.74) is 0.391. The molecule has 3 unspecified atom stereocenters. The quantitative estimate of drug-likeness (QED) is 0.802. The Morgan fingerprint density at radius 3 is 2.67 bits per heavy atom. The number of hydrogen-bond acceptors (Lipinski definition) is 2. The van der Waals surface area contributed by atoms with Gasteiger partial charge in [0.05, 0.1) is 18.8 Å². The van der Waals surface area contributed by atoms with E-state index in [4.69, 9.17) is 4.74 Å². The SMILES string of the molecule is CC1CC(OCC(O)CBr)CC(C)(C)C1. The molecular formula is C12H23BrO2. The Bertz CT molecular complexity index is 194. The van der Waals surface area contributed by atoms with E-state index >= 15 is 0 Å². The van der Waals surface area contributed by atoms with Crippen LogP contribution in [0, 0.1) is 11.3 Å². The first-order valence-corrected chi connectivity index (χ1v) is 6.91. The van der Waals surface area contributed by atoms with Crippen molar-refractivity contribution >= 4 is 15.9 Å². The molecule has 1 aliphatic rings. The summed E-state index contributed by atoms with van der Waals surface area (Å²) in [6, 6.07) is 0. The van der Waals surface area contributed by atoms with Gasteiger partial charge in [-0.3, -0.25) is 0 Å². The monoisotopic (exact) mass is 278 g/mol. The number of halogens is 1. The second-order valence-corrected chi connectivity index (χ2v) is 6.32. The first kappa shape index (κ1) is 13.5. The number of aliphatic hydroxyl groups is 1. The van der Waals surface area contributed by atoms with Gasteiger partial charge in [-0.1, -0.05) is 36.7 Å². The molecule has 1 fully saturated rings.